The molecule has 0 aliphatic carbocycles. The van der Waals surface area contributed by atoms with E-state index >= 15 is 0 Å². The van der Waals surface area contributed by atoms with E-state index in [9.17, 15) is 4.79 Å². The molecule has 0 radical (unpaired) electrons. The van der Waals surface area contributed by atoms with Gasteiger partial charge in [0, 0.05) is 0 Å². The van der Waals surface area contributed by atoms with Gasteiger partial charge in [-0.25, -0.2) is 0 Å². The number of amides is 1. The molecule has 9 aromatic rings. The van der Waals surface area contributed by atoms with E-state index in [-0.39, 0.29) is 18.3 Å². The van der Waals surface area contributed by atoms with Crippen LogP contribution in [0.4, 0.5) is 5.82 Å². The van der Waals surface area contributed by atoms with E-state index in [1.807, 2.05) is 89.1 Å². The standard InChI is InChI=1S/C58H51N5O6SeSi/c1-4-71(49-26-16-8-17-27-49,50-28-18-9-19-29-50)69-51-38-52(63-41-61-53-54(59-40-60-55(53)63)62-56(64)42-20-10-5-11-21-42)68-57(51,70-48-24-14-7-15-25-48)39-67-58(43-22-12-6-13-23-43,44-30-34-46(65-2)35-31-44)45-32-36-47(66-3)37-33-45/h4-37,40-41,51-52H,1,38-39H2,2-3H3,(H,59,60,62,64)/t51-,52+,57+/m0/s1. The number of fused-ring (bicyclic) bond motifs is 1. The van der Waals surface area contributed by atoms with Crippen molar-refractivity contribution < 1.29 is 28.2 Å². The van der Waals surface area contributed by atoms with Crippen molar-refractivity contribution in [2.24, 2.45) is 0 Å². The Morgan fingerprint density at radius 2 is 1.24 bits per heavy atom. The third-order valence-corrected chi connectivity index (χ3v) is 19.3. The molecule has 1 saturated heterocycles. The third-order valence-electron chi connectivity index (χ3n) is 12.9. The summed E-state index contributed by atoms with van der Waals surface area (Å²) >= 11 is -0.467. The van der Waals surface area contributed by atoms with E-state index in [1.54, 1.807) is 32.7 Å². The molecule has 0 unspecified atom stereocenters. The van der Waals surface area contributed by atoms with Crippen molar-refractivity contribution in [3.63, 3.8) is 0 Å². The Morgan fingerprint density at radius 1 is 0.718 bits per heavy atom. The minimum atomic E-state index is -3.30. The van der Waals surface area contributed by atoms with Crippen LogP contribution in [0.1, 0.15) is 39.7 Å². The normalized spacial score (nSPS) is 16.9. The van der Waals surface area contributed by atoms with Gasteiger partial charge in [0.15, 0.2) is 0 Å². The number of carbonyl (C=O) groups is 1. The van der Waals surface area contributed by atoms with Gasteiger partial charge < -0.3 is 0 Å². The molecular weight excluding hydrogens is 970 g/mol. The Kier molecular flexibility index (Phi) is 13.9. The summed E-state index contributed by atoms with van der Waals surface area (Å²) in [7, 11) is 0.0325. The zero-order chi connectivity index (χ0) is 48.7. The van der Waals surface area contributed by atoms with Crippen molar-refractivity contribution >= 4 is 61.0 Å². The Bertz CT molecular complexity index is 3120. The van der Waals surface area contributed by atoms with Crippen LogP contribution in [0.3, 0.4) is 0 Å². The number of nitrogens with zero attached hydrogens (tertiary/aromatic N) is 4. The number of benzene rings is 7. The van der Waals surface area contributed by atoms with Crippen LogP contribution in [0.2, 0.25) is 0 Å². The molecule has 0 saturated carbocycles. The number of imidazole rings is 1. The molecule has 2 aromatic heterocycles. The Labute approximate surface area is 420 Å². The summed E-state index contributed by atoms with van der Waals surface area (Å²) in [6.07, 6.45) is 2.26. The molecule has 13 heteroatoms. The van der Waals surface area contributed by atoms with Crippen molar-refractivity contribution in [2.45, 2.75) is 28.9 Å². The second-order valence-corrected chi connectivity index (χ2v) is 23.1. The molecule has 71 heavy (non-hydrogen) atoms. The van der Waals surface area contributed by atoms with Crippen LogP contribution in [0.5, 0.6) is 11.5 Å². The quantitative estimate of drug-likeness (QED) is 0.0666. The summed E-state index contributed by atoms with van der Waals surface area (Å²) in [6.45, 7) is 4.61. The summed E-state index contributed by atoms with van der Waals surface area (Å²) in [5.74, 6) is 1.41. The average molecular weight is 1020 g/mol. The van der Waals surface area contributed by atoms with Crippen LogP contribution < -0.4 is 29.6 Å². The molecular formula is C58H51N5O6SeSi. The number of hydrogen-bond acceptors (Lipinski definition) is 9. The van der Waals surface area contributed by atoms with Crippen LogP contribution >= 0.6 is 0 Å². The Morgan fingerprint density at radius 3 is 1.79 bits per heavy atom. The molecule has 3 atom stereocenters. The molecule has 1 aliphatic rings. The molecule has 3 heterocycles. The van der Waals surface area contributed by atoms with E-state index in [0.717, 1.165) is 43.0 Å². The van der Waals surface area contributed by atoms with Crippen molar-refractivity contribution in [3.05, 3.63) is 247 Å². The van der Waals surface area contributed by atoms with E-state index in [2.05, 4.69) is 126 Å². The average Bonchev–Trinajstić information content (AvgIpc) is 4.04. The summed E-state index contributed by atoms with van der Waals surface area (Å²) < 4.78 is 36.9. The topological polar surface area (TPSA) is 119 Å². The molecule has 0 spiro atoms. The fraction of sp³-hybridized carbons (Fsp3) is 0.138. The Hall–Kier alpha value is -7.48. The first-order valence-corrected chi connectivity index (χ1v) is 26.9. The molecule has 1 N–H and O–H groups in total. The molecule has 0 bridgehead atoms. The predicted molar refractivity (Wildman–Crippen MR) is 280 cm³/mol. The van der Waals surface area contributed by atoms with E-state index in [0.29, 0.717) is 23.1 Å². The van der Waals surface area contributed by atoms with Gasteiger partial charge in [-0.05, 0) is 0 Å². The number of anilines is 1. The van der Waals surface area contributed by atoms with Gasteiger partial charge in [0.1, 0.15) is 0 Å². The van der Waals surface area contributed by atoms with Gasteiger partial charge >= 0.3 is 416 Å². The number of carbonyl (C=O) groups excluding carboxylic acids is 1. The number of hydrogen-bond donors (Lipinski definition) is 1. The van der Waals surface area contributed by atoms with Gasteiger partial charge in [0.05, 0.1) is 0 Å². The minimum absolute atomic E-state index is 0.0706. The Balaban J connectivity index is 1.16. The molecule has 354 valence electrons. The molecule has 10 rings (SSSR count). The number of methoxy groups -OCH3 is 2. The first-order valence-electron chi connectivity index (χ1n) is 23.2. The monoisotopic (exact) mass is 1020 g/mol. The fourth-order valence-corrected chi connectivity index (χ4v) is 15.4. The fourth-order valence-electron chi connectivity index (χ4n) is 9.35. The number of aromatic nitrogens is 4. The molecule has 1 amide bonds. The second kappa shape index (κ2) is 20.9. The van der Waals surface area contributed by atoms with Gasteiger partial charge in [0.25, 0.3) is 0 Å². The second-order valence-electron chi connectivity index (χ2n) is 17.0. The van der Waals surface area contributed by atoms with E-state index < -0.39 is 45.7 Å². The van der Waals surface area contributed by atoms with Crippen LogP contribution in [0.15, 0.2) is 225 Å². The summed E-state index contributed by atoms with van der Waals surface area (Å²) in [4.78, 5) is 27.5. The van der Waals surface area contributed by atoms with E-state index in [1.165, 1.54) is 6.33 Å². The van der Waals surface area contributed by atoms with Crippen LogP contribution in [0.25, 0.3) is 11.2 Å². The van der Waals surface area contributed by atoms with Crippen molar-refractivity contribution in [2.75, 3.05) is 26.1 Å². The SMILES string of the molecule is C=C[Si](O[C@H]1C[C@H](n2cnc3c(NC(=O)c4ccccc4)ncnc32)O[C@]1(COC(c1ccccc1)(c1ccc(OC)cc1)c1ccc(OC)cc1)[Se]c1ccccc1)(c1ccccc1)c1ccccc1. The maximum absolute atomic E-state index is 13.5. The molecule has 7 aromatic carbocycles. The maximum atomic E-state index is 13.5. The van der Waals surface area contributed by atoms with Gasteiger partial charge in [-0.15, -0.1) is 0 Å². The van der Waals surface area contributed by atoms with Crippen LogP contribution in [-0.2, 0) is 19.5 Å². The van der Waals surface area contributed by atoms with Crippen molar-refractivity contribution in [1.82, 2.24) is 19.5 Å². The zero-order valence-electron chi connectivity index (χ0n) is 39.2. The van der Waals surface area contributed by atoms with E-state index in [4.69, 9.17) is 33.3 Å². The van der Waals surface area contributed by atoms with Gasteiger partial charge in [0.2, 0.25) is 0 Å². The summed E-state index contributed by atoms with van der Waals surface area (Å²) in [5.41, 5.74) is 4.93. The molecule has 1 fully saturated rings. The van der Waals surface area contributed by atoms with Gasteiger partial charge in [-0.2, -0.15) is 0 Å². The molecule has 11 nitrogen and oxygen atoms in total. The summed E-state index contributed by atoms with van der Waals surface area (Å²) in [5, 5.41) is 5.05. The van der Waals surface area contributed by atoms with Crippen molar-refractivity contribution in [1.29, 1.82) is 0 Å². The van der Waals surface area contributed by atoms with Crippen molar-refractivity contribution in [3.8, 4) is 11.5 Å². The molecule has 1 aliphatic heterocycles. The zero-order valence-corrected chi connectivity index (χ0v) is 41.9. The van der Waals surface area contributed by atoms with Crippen LogP contribution in [0, 0.1) is 0 Å². The van der Waals surface area contributed by atoms with Crippen LogP contribution in [-0.4, -0.2) is 80.1 Å². The predicted octanol–water partition coefficient (Wildman–Crippen LogP) is 8.62. The number of nitrogens with one attached hydrogen (secondary N) is 1. The summed E-state index contributed by atoms with van der Waals surface area (Å²) in [6, 6.07) is 66.5. The number of ether oxygens (including phenoxy) is 4. The third kappa shape index (κ3) is 9.35. The first kappa shape index (κ1) is 47.2. The number of rotatable bonds is 18. The van der Waals surface area contributed by atoms with Gasteiger partial charge in [-0.1, -0.05) is 6.07 Å². The van der Waals surface area contributed by atoms with Gasteiger partial charge in [-0.3, -0.25) is 0 Å². The first-order chi connectivity index (χ1) is 34.9.